The molecule has 0 amide bonds. The number of H-pyrrole nitrogens is 1. The Bertz CT molecular complexity index is 1220. The molecule has 3 N–H and O–H groups in total. The number of rotatable bonds is 4. The summed E-state index contributed by atoms with van der Waals surface area (Å²) in [5, 5.41) is 1.93. The highest BCUT2D eigenvalue weighted by Crippen LogP contribution is 2.36. The van der Waals surface area contributed by atoms with Gasteiger partial charge in [-0.15, -0.1) is 0 Å². The number of aromatic amines is 1. The molecule has 1 heterocycles. The summed E-state index contributed by atoms with van der Waals surface area (Å²) in [6, 6.07) is 26.1. The van der Waals surface area contributed by atoms with Crippen LogP contribution in [0.25, 0.3) is 10.8 Å². The van der Waals surface area contributed by atoms with Gasteiger partial charge in [0.15, 0.2) is 0 Å². The van der Waals surface area contributed by atoms with Gasteiger partial charge in [0.25, 0.3) is 5.56 Å². The molecular formula is C28H29ClN2O2. The largest absolute Gasteiger partial charge is 0.489 e. The summed E-state index contributed by atoms with van der Waals surface area (Å²) in [5.41, 5.74) is 7.83. The number of benzene rings is 3. The van der Waals surface area contributed by atoms with Crippen LogP contribution in [0.3, 0.4) is 0 Å². The summed E-state index contributed by atoms with van der Waals surface area (Å²) < 4.78 is 6.17. The van der Waals surface area contributed by atoms with Gasteiger partial charge >= 0.3 is 0 Å². The van der Waals surface area contributed by atoms with Gasteiger partial charge in [-0.2, -0.15) is 0 Å². The van der Waals surface area contributed by atoms with Crippen LogP contribution < -0.4 is 16.0 Å². The van der Waals surface area contributed by atoms with Crippen LogP contribution in [0.2, 0.25) is 5.02 Å². The average molecular weight is 461 g/mol. The van der Waals surface area contributed by atoms with Crippen LogP contribution in [0.15, 0.2) is 89.9 Å². The smallest absolute Gasteiger partial charge is 0.255 e. The minimum absolute atomic E-state index is 0.130. The normalized spacial score (nSPS) is 17.8. The summed E-state index contributed by atoms with van der Waals surface area (Å²) in [7, 11) is 0. The molecule has 0 unspecified atom stereocenters. The summed E-state index contributed by atoms with van der Waals surface area (Å²) in [6.45, 7) is 0.640. The Morgan fingerprint density at radius 3 is 2.21 bits per heavy atom. The molecule has 0 radical (unpaired) electrons. The first-order valence-electron chi connectivity index (χ1n) is 11.4. The van der Waals surface area contributed by atoms with E-state index >= 15 is 0 Å². The number of pyridine rings is 1. The number of halogens is 1. The average Bonchev–Trinajstić information content (AvgIpc) is 2.87. The molecule has 1 aliphatic rings. The maximum Gasteiger partial charge on any atom is 0.255 e. The van der Waals surface area contributed by atoms with Gasteiger partial charge in [0.1, 0.15) is 5.75 Å². The maximum absolute atomic E-state index is 11.8. The molecule has 0 bridgehead atoms. The lowest BCUT2D eigenvalue weighted by Crippen LogP contribution is -2.23. The first-order valence-corrected chi connectivity index (χ1v) is 11.8. The lowest BCUT2D eigenvalue weighted by atomic mass is 9.83. The van der Waals surface area contributed by atoms with Crippen molar-refractivity contribution in [3.8, 4) is 5.75 Å². The van der Waals surface area contributed by atoms with Crippen LogP contribution in [0.5, 0.6) is 5.75 Å². The number of hydrogen-bond donors (Lipinski definition) is 2. The van der Waals surface area contributed by atoms with E-state index in [1.165, 1.54) is 11.1 Å². The highest BCUT2D eigenvalue weighted by molar-refractivity contribution is 6.32. The van der Waals surface area contributed by atoms with Crippen molar-refractivity contribution in [1.82, 2.24) is 4.98 Å². The molecule has 1 fully saturated rings. The van der Waals surface area contributed by atoms with Crippen LogP contribution >= 0.6 is 11.6 Å². The first kappa shape index (κ1) is 23.1. The Balaban J connectivity index is 0.000000275. The summed E-state index contributed by atoms with van der Waals surface area (Å²) >= 11 is 6.34. The minimum Gasteiger partial charge on any atom is -0.489 e. The second kappa shape index (κ2) is 11.2. The van der Waals surface area contributed by atoms with Crippen molar-refractivity contribution in [3.63, 3.8) is 0 Å². The number of nitrogens with two attached hydrogens (primary N) is 1. The number of aromatic nitrogens is 1. The summed E-state index contributed by atoms with van der Waals surface area (Å²) in [4.78, 5) is 14.5. The molecule has 1 aromatic heterocycles. The fraction of sp³-hybridized carbons (Fsp3) is 0.250. The molecule has 170 valence electrons. The molecule has 4 aromatic rings. The molecule has 0 atom stereocenters. The third kappa shape index (κ3) is 6.04. The molecule has 5 rings (SSSR count). The van der Waals surface area contributed by atoms with Crippen molar-refractivity contribution >= 4 is 22.4 Å². The van der Waals surface area contributed by atoms with E-state index < -0.39 is 0 Å². The lowest BCUT2D eigenvalue weighted by molar-refractivity contribution is 0.147. The molecule has 0 spiro atoms. The van der Waals surface area contributed by atoms with Crippen LogP contribution in [0.4, 0.5) is 0 Å². The van der Waals surface area contributed by atoms with Crippen LogP contribution in [-0.2, 0) is 6.54 Å². The van der Waals surface area contributed by atoms with Crippen molar-refractivity contribution in [1.29, 1.82) is 0 Å². The Morgan fingerprint density at radius 2 is 1.58 bits per heavy atom. The second-order valence-corrected chi connectivity index (χ2v) is 8.78. The molecule has 5 heteroatoms. The predicted molar refractivity (Wildman–Crippen MR) is 136 cm³/mol. The minimum atomic E-state index is -0.130. The highest BCUT2D eigenvalue weighted by atomic mass is 35.5. The second-order valence-electron chi connectivity index (χ2n) is 8.37. The fourth-order valence-corrected chi connectivity index (χ4v) is 4.52. The third-order valence-electron chi connectivity index (χ3n) is 6.14. The Labute approximate surface area is 199 Å². The van der Waals surface area contributed by atoms with E-state index in [0.717, 1.165) is 31.1 Å². The van der Waals surface area contributed by atoms with E-state index in [2.05, 4.69) is 35.3 Å². The van der Waals surface area contributed by atoms with E-state index in [1.807, 2.05) is 42.5 Å². The summed E-state index contributed by atoms with van der Waals surface area (Å²) in [5.74, 6) is 1.29. The molecule has 1 saturated carbocycles. The van der Waals surface area contributed by atoms with Gasteiger partial charge in [-0.25, -0.2) is 0 Å². The highest BCUT2D eigenvalue weighted by Gasteiger charge is 2.24. The van der Waals surface area contributed by atoms with Crippen molar-refractivity contribution in [2.45, 2.75) is 44.2 Å². The predicted octanol–water partition coefficient (Wildman–Crippen LogP) is 6.43. The number of nitrogens with one attached hydrogen (secondary N) is 1. The fourth-order valence-electron chi connectivity index (χ4n) is 4.31. The third-order valence-corrected chi connectivity index (χ3v) is 6.44. The quantitative estimate of drug-likeness (QED) is 0.368. The van der Waals surface area contributed by atoms with Gasteiger partial charge < -0.3 is 15.5 Å². The lowest BCUT2D eigenvalue weighted by Gasteiger charge is -2.29. The maximum atomic E-state index is 11.8. The number of fused-ring (bicyclic) bond motifs is 1. The SMILES string of the molecule is NCc1ccccc1.O=c1[nH]ccc2cc(OC3CCC(c4ccccc4)CC3)c(Cl)cc12. The summed E-state index contributed by atoms with van der Waals surface area (Å²) in [6.07, 6.45) is 6.11. The van der Waals surface area contributed by atoms with E-state index in [0.29, 0.717) is 28.6 Å². The van der Waals surface area contributed by atoms with Gasteiger partial charge in [0.05, 0.1) is 11.1 Å². The molecule has 1 aliphatic carbocycles. The zero-order chi connectivity index (χ0) is 23.0. The van der Waals surface area contributed by atoms with Crippen LogP contribution in [0.1, 0.15) is 42.7 Å². The van der Waals surface area contributed by atoms with E-state index in [-0.39, 0.29) is 11.7 Å². The Morgan fingerprint density at radius 1 is 0.909 bits per heavy atom. The van der Waals surface area contributed by atoms with E-state index in [9.17, 15) is 4.79 Å². The zero-order valence-electron chi connectivity index (χ0n) is 18.5. The van der Waals surface area contributed by atoms with Crippen LogP contribution in [-0.4, -0.2) is 11.1 Å². The Hall–Kier alpha value is -3.08. The topological polar surface area (TPSA) is 68.1 Å². The molecule has 33 heavy (non-hydrogen) atoms. The van der Waals surface area contributed by atoms with Gasteiger partial charge in [-0.05, 0) is 66.3 Å². The molecule has 4 nitrogen and oxygen atoms in total. The van der Waals surface area contributed by atoms with Crippen molar-refractivity contribution in [2.75, 3.05) is 0 Å². The zero-order valence-corrected chi connectivity index (χ0v) is 19.3. The standard InChI is InChI=1S/C21H20ClNO2.C7H9N/c22-19-13-18-16(10-11-23-21(18)24)12-20(19)25-17-8-6-15(7-9-17)14-4-2-1-3-5-14;8-6-7-4-2-1-3-5-7/h1-5,10-13,15,17H,6-9H2,(H,23,24);1-5H,6,8H2. The van der Waals surface area contributed by atoms with Crippen LogP contribution in [0, 0.1) is 0 Å². The number of hydrogen-bond acceptors (Lipinski definition) is 3. The molecule has 0 saturated heterocycles. The van der Waals surface area contributed by atoms with Gasteiger partial charge in [-0.3, -0.25) is 4.79 Å². The molecule has 0 aliphatic heterocycles. The van der Waals surface area contributed by atoms with Gasteiger partial charge in [0.2, 0.25) is 0 Å². The number of ether oxygens (including phenoxy) is 1. The van der Waals surface area contributed by atoms with Crippen molar-refractivity contribution < 1.29 is 4.74 Å². The molecular weight excluding hydrogens is 432 g/mol. The van der Waals surface area contributed by atoms with Crippen molar-refractivity contribution in [2.24, 2.45) is 5.73 Å². The molecule has 3 aromatic carbocycles. The van der Waals surface area contributed by atoms with E-state index in [4.69, 9.17) is 22.1 Å². The Kier molecular flexibility index (Phi) is 7.82. The van der Waals surface area contributed by atoms with Gasteiger partial charge in [-0.1, -0.05) is 72.3 Å². The van der Waals surface area contributed by atoms with E-state index in [1.54, 1.807) is 12.3 Å². The van der Waals surface area contributed by atoms with Crippen molar-refractivity contribution in [3.05, 3.63) is 112 Å². The van der Waals surface area contributed by atoms with Gasteiger partial charge in [0, 0.05) is 18.1 Å². The monoisotopic (exact) mass is 460 g/mol. The first-order chi connectivity index (χ1) is 16.1.